The second kappa shape index (κ2) is 5.43. The van der Waals surface area contributed by atoms with Gasteiger partial charge in [0.1, 0.15) is 5.69 Å². The maximum Gasteiger partial charge on any atom is 0.296 e. The molecule has 106 valence electrons. The molecule has 4 N–H and O–H groups in total. The Hall–Kier alpha value is -2.84. The monoisotopic (exact) mass is 280 g/mol. The van der Waals surface area contributed by atoms with Gasteiger partial charge in [0, 0.05) is 13.0 Å². The number of nitrogens with two attached hydrogens (primary N) is 1. The van der Waals surface area contributed by atoms with Gasteiger partial charge in [-0.2, -0.15) is 0 Å². The van der Waals surface area contributed by atoms with Crippen molar-refractivity contribution >= 4 is 28.9 Å². The number of anilines is 2. The van der Waals surface area contributed by atoms with E-state index in [1.807, 2.05) is 0 Å². The molecule has 0 radical (unpaired) electrons. The number of fused-ring (bicyclic) bond motifs is 1. The Labute approximate surface area is 113 Å². The van der Waals surface area contributed by atoms with Crippen molar-refractivity contribution in [2.45, 2.75) is 6.42 Å². The fourth-order valence-corrected chi connectivity index (χ4v) is 1.73. The number of hydrogen-bond donors (Lipinski definition) is 3. The summed E-state index contributed by atoms with van der Waals surface area (Å²) in [6.45, 7) is -0.0254. The van der Waals surface area contributed by atoms with Crippen LogP contribution in [0.4, 0.5) is 17.1 Å². The van der Waals surface area contributed by atoms with Gasteiger partial charge in [-0.15, -0.1) is 0 Å². The van der Waals surface area contributed by atoms with Crippen molar-refractivity contribution in [3.8, 4) is 5.75 Å². The van der Waals surface area contributed by atoms with Crippen LogP contribution in [0.2, 0.25) is 0 Å². The molecule has 1 heterocycles. The SMILES string of the molecule is NC(=O)CCNc1cc2c(cc1[N+](=O)[O-])OCC(=O)N2. The molecule has 9 nitrogen and oxygen atoms in total. The van der Waals surface area contributed by atoms with E-state index >= 15 is 0 Å². The Morgan fingerprint density at radius 1 is 1.55 bits per heavy atom. The van der Waals surface area contributed by atoms with E-state index in [-0.39, 0.29) is 42.6 Å². The first kappa shape index (κ1) is 13.6. The van der Waals surface area contributed by atoms with Gasteiger partial charge in [0.05, 0.1) is 16.7 Å². The highest BCUT2D eigenvalue weighted by atomic mass is 16.6. The first-order chi connectivity index (χ1) is 9.47. The number of primary amides is 1. The van der Waals surface area contributed by atoms with Gasteiger partial charge in [0.2, 0.25) is 5.91 Å². The lowest BCUT2D eigenvalue weighted by atomic mass is 10.2. The lowest BCUT2D eigenvalue weighted by Crippen LogP contribution is -2.25. The van der Waals surface area contributed by atoms with Crippen molar-refractivity contribution in [3.05, 3.63) is 22.2 Å². The number of benzene rings is 1. The second-order valence-electron chi connectivity index (χ2n) is 4.10. The summed E-state index contributed by atoms with van der Waals surface area (Å²) >= 11 is 0. The minimum absolute atomic E-state index is 0.0388. The van der Waals surface area contributed by atoms with Crippen LogP contribution in [0.3, 0.4) is 0 Å². The number of amides is 2. The van der Waals surface area contributed by atoms with Gasteiger partial charge in [-0.1, -0.05) is 0 Å². The summed E-state index contributed by atoms with van der Waals surface area (Å²) in [5.41, 5.74) is 5.31. The maximum absolute atomic E-state index is 11.2. The molecule has 0 aliphatic carbocycles. The van der Waals surface area contributed by atoms with Gasteiger partial charge in [-0.25, -0.2) is 0 Å². The molecular weight excluding hydrogens is 268 g/mol. The number of ether oxygens (including phenoxy) is 1. The summed E-state index contributed by atoms with van der Waals surface area (Å²) in [5.74, 6) is -0.624. The lowest BCUT2D eigenvalue weighted by Gasteiger charge is -2.19. The molecule has 1 aliphatic rings. The highest BCUT2D eigenvalue weighted by Crippen LogP contribution is 2.37. The van der Waals surface area contributed by atoms with Crippen molar-refractivity contribution in [3.63, 3.8) is 0 Å². The lowest BCUT2D eigenvalue weighted by molar-refractivity contribution is -0.384. The molecule has 2 amide bonds. The molecule has 20 heavy (non-hydrogen) atoms. The molecule has 0 unspecified atom stereocenters. The minimum Gasteiger partial charge on any atom is -0.481 e. The summed E-state index contributed by atoms with van der Waals surface area (Å²) in [7, 11) is 0. The van der Waals surface area contributed by atoms with Crippen molar-refractivity contribution in [1.82, 2.24) is 0 Å². The van der Waals surface area contributed by atoms with E-state index in [1.54, 1.807) is 0 Å². The third-order valence-electron chi connectivity index (χ3n) is 2.61. The van der Waals surface area contributed by atoms with Crippen LogP contribution in [0.1, 0.15) is 6.42 Å². The molecule has 0 saturated heterocycles. The normalized spacial score (nSPS) is 12.9. The van der Waals surface area contributed by atoms with Crippen molar-refractivity contribution < 1.29 is 19.2 Å². The molecule has 2 rings (SSSR count). The number of nitrogens with zero attached hydrogens (tertiary/aromatic N) is 1. The number of nitro benzene ring substituents is 1. The Morgan fingerprint density at radius 2 is 2.30 bits per heavy atom. The second-order valence-corrected chi connectivity index (χ2v) is 4.10. The fraction of sp³-hybridized carbons (Fsp3) is 0.273. The first-order valence-electron chi connectivity index (χ1n) is 5.74. The number of nitro groups is 1. The average Bonchev–Trinajstić information content (AvgIpc) is 2.37. The van der Waals surface area contributed by atoms with Gasteiger partial charge in [-0.3, -0.25) is 19.7 Å². The van der Waals surface area contributed by atoms with E-state index < -0.39 is 10.8 Å². The molecule has 0 bridgehead atoms. The van der Waals surface area contributed by atoms with Crippen LogP contribution in [0.25, 0.3) is 0 Å². The molecule has 9 heteroatoms. The highest BCUT2D eigenvalue weighted by Gasteiger charge is 2.23. The van der Waals surface area contributed by atoms with Crippen molar-refractivity contribution in [2.24, 2.45) is 5.73 Å². The van der Waals surface area contributed by atoms with E-state index in [9.17, 15) is 19.7 Å². The molecule has 0 atom stereocenters. The molecule has 1 aliphatic heterocycles. The highest BCUT2D eigenvalue weighted by molar-refractivity contribution is 5.96. The number of carbonyl (C=O) groups excluding carboxylic acids is 2. The predicted octanol–water partition coefficient (Wildman–Crippen LogP) is 0.213. The third kappa shape index (κ3) is 2.94. The molecule has 0 fully saturated rings. The van der Waals surface area contributed by atoms with E-state index in [4.69, 9.17) is 10.5 Å². The van der Waals surface area contributed by atoms with Gasteiger partial charge in [0.25, 0.3) is 11.6 Å². The van der Waals surface area contributed by atoms with Gasteiger partial charge < -0.3 is 21.1 Å². The zero-order valence-corrected chi connectivity index (χ0v) is 10.3. The minimum atomic E-state index is -0.577. The Morgan fingerprint density at radius 3 is 2.95 bits per heavy atom. The zero-order valence-electron chi connectivity index (χ0n) is 10.3. The van der Waals surface area contributed by atoms with Crippen LogP contribution >= 0.6 is 0 Å². The Balaban J connectivity index is 2.28. The third-order valence-corrected chi connectivity index (χ3v) is 2.61. The summed E-state index contributed by atoms with van der Waals surface area (Å²) in [6.07, 6.45) is 0.0388. The summed E-state index contributed by atoms with van der Waals surface area (Å²) in [6, 6.07) is 2.62. The maximum atomic E-state index is 11.2. The predicted molar refractivity (Wildman–Crippen MR) is 69.5 cm³/mol. The number of carbonyl (C=O) groups is 2. The summed E-state index contributed by atoms with van der Waals surface area (Å²) in [4.78, 5) is 32.3. The molecule has 0 saturated carbocycles. The van der Waals surface area contributed by atoms with Crippen LogP contribution in [-0.2, 0) is 9.59 Å². The molecule has 1 aromatic carbocycles. The molecule has 0 aromatic heterocycles. The van der Waals surface area contributed by atoms with Crippen LogP contribution < -0.4 is 21.1 Å². The fourth-order valence-electron chi connectivity index (χ4n) is 1.73. The zero-order chi connectivity index (χ0) is 14.7. The Kier molecular flexibility index (Phi) is 3.69. The molecular formula is C11H12N4O5. The van der Waals surface area contributed by atoms with Gasteiger partial charge in [0.15, 0.2) is 12.4 Å². The molecule has 1 aromatic rings. The number of nitrogens with one attached hydrogen (secondary N) is 2. The number of rotatable bonds is 5. The van der Waals surface area contributed by atoms with Crippen molar-refractivity contribution in [2.75, 3.05) is 23.8 Å². The largest absolute Gasteiger partial charge is 0.481 e. The van der Waals surface area contributed by atoms with E-state index in [0.29, 0.717) is 5.69 Å². The number of hydrogen-bond acceptors (Lipinski definition) is 6. The van der Waals surface area contributed by atoms with E-state index in [1.165, 1.54) is 12.1 Å². The topological polar surface area (TPSA) is 137 Å². The van der Waals surface area contributed by atoms with E-state index in [2.05, 4.69) is 10.6 Å². The van der Waals surface area contributed by atoms with Crippen LogP contribution in [0, 0.1) is 10.1 Å². The van der Waals surface area contributed by atoms with Crippen LogP contribution in [0.5, 0.6) is 5.75 Å². The van der Waals surface area contributed by atoms with Crippen LogP contribution in [-0.4, -0.2) is 29.9 Å². The van der Waals surface area contributed by atoms with E-state index in [0.717, 1.165) is 0 Å². The molecule has 0 spiro atoms. The average molecular weight is 280 g/mol. The van der Waals surface area contributed by atoms with Crippen molar-refractivity contribution in [1.29, 1.82) is 0 Å². The van der Waals surface area contributed by atoms with Gasteiger partial charge >= 0.3 is 0 Å². The smallest absolute Gasteiger partial charge is 0.296 e. The summed E-state index contributed by atoms with van der Waals surface area (Å²) < 4.78 is 5.11. The van der Waals surface area contributed by atoms with Crippen LogP contribution in [0.15, 0.2) is 12.1 Å². The standard InChI is InChI=1S/C11H12N4O5/c12-10(16)1-2-13-6-3-7-9(4-8(6)15(18)19)20-5-11(17)14-7/h3-4,13H,1-2,5H2,(H2,12,16)(H,14,17). The van der Waals surface area contributed by atoms with Gasteiger partial charge in [-0.05, 0) is 6.07 Å². The quantitative estimate of drug-likeness (QED) is 0.521. The summed E-state index contributed by atoms with van der Waals surface area (Å²) in [5, 5.41) is 16.3. The first-order valence-corrected chi connectivity index (χ1v) is 5.74. The Bertz CT molecular complexity index is 586.